The van der Waals surface area contributed by atoms with Gasteiger partial charge in [0.1, 0.15) is 25.4 Å². The molecule has 0 spiro atoms. The predicted octanol–water partition coefficient (Wildman–Crippen LogP) is 22.8. The second kappa shape index (κ2) is 73.9. The Kier molecular flexibility index (Phi) is 71.1. The fourth-order valence-corrected chi connectivity index (χ4v) is 12.1. The second-order valence-electron chi connectivity index (χ2n) is 26.1. The number of ether oxygens (including phenoxy) is 3. The molecule has 572 valence electrons. The molecule has 0 aliphatic heterocycles. The van der Waals surface area contributed by atoms with Gasteiger partial charge in [-0.1, -0.05) is 310 Å². The van der Waals surface area contributed by atoms with E-state index in [1.807, 2.05) is 0 Å². The number of aliphatic hydroxyl groups excluding tert-OH is 2. The van der Waals surface area contributed by atoms with E-state index < -0.39 is 91.5 Å². The molecule has 0 saturated carbocycles. The fraction of sp³-hybridized carbons (Fsp3) is 0.741. The Hall–Kier alpha value is -3.79. The molecule has 16 nitrogen and oxygen atoms in total. The lowest BCUT2D eigenvalue weighted by molar-refractivity contribution is -0.161. The molecular weight excluding hydrogens is 1290 g/mol. The van der Waals surface area contributed by atoms with E-state index in [-0.39, 0.29) is 19.3 Å². The first kappa shape index (κ1) is 95.2. The van der Waals surface area contributed by atoms with Gasteiger partial charge in [0, 0.05) is 19.3 Å². The van der Waals surface area contributed by atoms with Gasteiger partial charge in [0.05, 0.1) is 26.4 Å². The van der Waals surface area contributed by atoms with Gasteiger partial charge in [-0.25, -0.2) is 9.13 Å². The largest absolute Gasteiger partial charge is 0.472 e. The molecule has 0 aromatic heterocycles. The average molecular weight is 1430 g/mol. The third-order valence-corrected chi connectivity index (χ3v) is 18.4. The van der Waals surface area contributed by atoms with Crippen molar-refractivity contribution in [1.82, 2.24) is 0 Å². The summed E-state index contributed by atoms with van der Waals surface area (Å²) < 4.78 is 61.0. The molecule has 0 saturated heterocycles. The van der Waals surface area contributed by atoms with Crippen molar-refractivity contribution in [2.45, 2.75) is 347 Å². The number of aliphatic hydroxyl groups is 2. The number of allylic oxidation sites excluding steroid dienone is 18. The summed E-state index contributed by atoms with van der Waals surface area (Å²) in [7, 11) is -9.78. The normalized spacial score (nSPS) is 14.6. The standard InChI is InChI=1S/C81H142O16P2/c1-4-7-10-13-16-19-22-24-26-28-30-31-32-33-34-35-36-37-38-39-40-41-42-43-45-47-48-50-53-55-58-61-64-67-79(84)91-70-76(82)71-93-98(87,88)94-72-77(83)73-95-99(89,90)96-75-78(97-81(86)69-66-63-60-57-52-21-18-15-12-9-6-3)74-92-80(85)68-65-62-59-56-54-51-49-46-44-29-27-25-23-20-17-14-11-8-5-2/h7,10,16-17,19-20,24-27,30-31,33-34,36-37,44,46,76-78,82-83H,4-6,8-9,11-15,18,21-23,28-29,32,35,38-43,45,47-75H2,1-3H3,(H,87,88)(H,89,90)/b10-7-,19-16-,20-17-,26-24-,27-25-,31-30-,34-33-,37-36-,46-44-. The zero-order valence-corrected chi connectivity index (χ0v) is 64.2. The highest BCUT2D eigenvalue weighted by Crippen LogP contribution is 2.45. The summed E-state index contributed by atoms with van der Waals surface area (Å²) in [5, 5.41) is 20.6. The Morgan fingerprint density at radius 2 is 0.535 bits per heavy atom. The first-order valence-corrected chi connectivity index (χ1v) is 42.2. The van der Waals surface area contributed by atoms with Crippen molar-refractivity contribution in [3.63, 3.8) is 0 Å². The Morgan fingerprint density at radius 3 is 0.869 bits per heavy atom. The predicted molar refractivity (Wildman–Crippen MR) is 408 cm³/mol. The van der Waals surface area contributed by atoms with Gasteiger partial charge in [0.2, 0.25) is 0 Å². The highest BCUT2D eigenvalue weighted by molar-refractivity contribution is 7.47. The lowest BCUT2D eigenvalue weighted by atomic mass is 10.0. The van der Waals surface area contributed by atoms with Crippen molar-refractivity contribution in [2.24, 2.45) is 0 Å². The fourth-order valence-electron chi connectivity index (χ4n) is 10.5. The zero-order chi connectivity index (χ0) is 72.3. The van der Waals surface area contributed by atoms with Crippen LogP contribution in [0.5, 0.6) is 0 Å². The molecule has 99 heavy (non-hydrogen) atoms. The molecule has 0 fully saturated rings. The summed E-state index contributed by atoms with van der Waals surface area (Å²) in [6, 6.07) is 0. The molecule has 0 aliphatic carbocycles. The van der Waals surface area contributed by atoms with E-state index >= 15 is 0 Å². The number of rotatable bonds is 74. The molecule has 18 heteroatoms. The van der Waals surface area contributed by atoms with Crippen molar-refractivity contribution in [3.8, 4) is 0 Å². The topological polar surface area (TPSA) is 231 Å². The monoisotopic (exact) mass is 1430 g/mol. The molecule has 0 amide bonds. The minimum absolute atomic E-state index is 0.105. The van der Waals surface area contributed by atoms with Crippen molar-refractivity contribution in [2.75, 3.05) is 39.6 Å². The molecule has 0 radical (unpaired) electrons. The van der Waals surface area contributed by atoms with E-state index in [2.05, 4.69) is 130 Å². The van der Waals surface area contributed by atoms with E-state index in [1.54, 1.807) is 0 Å². The van der Waals surface area contributed by atoms with Gasteiger partial charge in [-0.2, -0.15) is 0 Å². The van der Waals surface area contributed by atoms with Crippen LogP contribution in [0.15, 0.2) is 109 Å². The van der Waals surface area contributed by atoms with Crippen LogP contribution in [0.2, 0.25) is 0 Å². The summed E-state index contributed by atoms with van der Waals surface area (Å²) in [4.78, 5) is 58.5. The summed E-state index contributed by atoms with van der Waals surface area (Å²) in [5.74, 6) is -1.58. The molecule has 5 unspecified atom stereocenters. The van der Waals surface area contributed by atoms with Crippen LogP contribution in [0.25, 0.3) is 0 Å². The third-order valence-electron chi connectivity index (χ3n) is 16.5. The molecule has 0 aliphatic rings. The minimum atomic E-state index is -4.92. The maximum atomic E-state index is 12.9. The van der Waals surface area contributed by atoms with Crippen molar-refractivity contribution < 1.29 is 75.8 Å². The van der Waals surface area contributed by atoms with E-state index in [9.17, 15) is 43.5 Å². The van der Waals surface area contributed by atoms with Crippen LogP contribution in [-0.2, 0) is 55.8 Å². The van der Waals surface area contributed by atoms with Gasteiger partial charge in [-0.3, -0.25) is 32.5 Å². The number of hydrogen-bond acceptors (Lipinski definition) is 14. The van der Waals surface area contributed by atoms with Gasteiger partial charge in [-0.15, -0.1) is 0 Å². The average Bonchev–Trinajstić information content (AvgIpc) is 1.28. The number of hydrogen-bond donors (Lipinski definition) is 4. The zero-order valence-electron chi connectivity index (χ0n) is 62.4. The molecule has 0 bridgehead atoms. The van der Waals surface area contributed by atoms with Crippen LogP contribution < -0.4 is 0 Å². The Labute approximate surface area is 602 Å². The van der Waals surface area contributed by atoms with Crippen LogP contribution >= 0.6 is 15.6 Å². The maximum absolute atomic E-state index is 12.9. The van der Waals surface area contributed by atoms with Crippen molar-refractivity contribution in [3.05, 3.63) is 109 Å². The van der Waals surface area contributed by atoms with Crippen LogP contribution in [0.1, 0.15) is 329 Å². The van der Waals surface area contributed by atoms with Gasteiger partial charge < -0.3 is 34.2 Å². The molecule has 5 atom stereocenters. The molecule has 0 rings (SSSR count). The van der Waals surface area contributed by atoms with Crippen LogP contribution in [0, 0.1) is 0 Å². The van der Waals surface area contributed by atoms with E-state index in [4.69, 9.17) is 32.3 Å². The molecule has 0 heterocycles. The summed E-state index contributed by atoms with van der Waals surface area (Å²) in [6.07, 6.45) is 85.8. The lowest BCUT2D eigenvalue weighted by Gasteiger charge is -2.21. The number of carbonyl (C=O) groups excluding carboxylic acids is 3. The smallest absolute Gasteiger partial charge is 0.463 e. The number of unbranched alkanes of at least 4 members (excludes halogenated alkanes) is 33. The Balaban J connectivity index is 4.37. The molecule has 0 aromatic carbocycles. The van der Waals surface area contributed by atoms with Gasteiger partial charge >= 0.3 is 33.6 Å². The molecule has 0 aromatic rings. The number of carbonyl (C=O) groups is 3. The molecule has 4 N–H and O–H groups in total. The SMILES string of the molecule is CC/C=C\C/C=C\C/C=C\C/C=C\C/C=C\C/C=C\CCCCCCCCCCCCCCCCC(=O)OCC(O)COP(=O)(O)OCC(O)COP(=O)(O)OCC(COC(=O)CCCCCCCC/C=C\C/C=C\C/C=C\CCCCC)OC(=O)CCCCCCCCCCCCC. The summed E-state index contributed by atoms with van der Waals surface area (Å²) >= 11 is 0. The maximum Gasteiger partial charge on any atom is 0.472 e. The Morgan fingerprint density at radius 1 is 0.293 bits per heavy atom. The summed E-state index contributed by atoms with van der Waals surface area (Å²) in [5.41, 5.74) is 0. The first-order chi connectivity index (χ1) is 48.2. The van der Waals surface area contributed by atoms with Crippen LogP contribution in [-0.4, -0.2) is 95.9 Å². The van der Waals surface area contributed by atoms with Crippen LogP contribution in [0.3, 0.4) is 0 Å². The van der Waals surface area contributed by atoms with E-state index in [0.29, 0.717) is 19.3 Å². The number of phosphoric acid groups is 2. The number of esters is 3. The quantitative estimate of drug-likeness (QED) is 0.0146. The van der Waals surface area contributed by atoms with Gasteiger partial charge in [-0.05, 0) is 109 Å². The second-order valence-corrected chi connectivity index (χ2v) is 29.0. The van der Waals surface area contributed by atoms with E-state index in [1.165, 1.54) is 122 Å². The van der Waals surface area contributed by atoms with Crippen molar-refractivity contribution >= 4 is 33.6 Å². The minimum Gasteiger partial charge on any atom is -0.463 e. The van der Waals surface area contributed by atoms with Crippen molar-refractivity contribution in [1.29, 1.82) is 0 Å². The van der Waals surface area contributed by atoms with Gasteiger partial charge in [0.15, 0.2) is 6.10 Å². The number of phosphoric ester groups is 2. The Bertz CT molecular complexity index is 2240. The van der Waals surface area contributed by atoms with Gasteiger partial charge in [0.25, 0.3) is 0 Å². The van der Waals surface area contributed by atoms with Crippen LogP contribution in [0.4, 0.5) is 0 Å². The van der Waals surface area contributed by atoms with E-state index in [0.717, 1.165) is 148 Å². The first-order valence-electron chi connectivity index (χ1n) is 39.2. The molecular formula is C81H142O16P2. The highest BCUT2D eigenvalue weighted by Gasteiger charge is 2.29. The lowest BCUT2D eigenvalue weighted by Crippen LogP contribution is -2.30. The highest BCUT2D eigenvalue weighted by atomic mass is 31.2. The third kappa shape index (κ3) is 75.2. The summed E-state index contributed by atoms with van der Waals surface area (Å²) in [6.45, 7) is 2.54.